The molecule has 1 aromatic rings. The van der Waals surface area contributed by atoms with Crippen LogP contribution in [0, 0.1) is 0 Å². The highest BCUT2D eigenvalue weighted by Gasteiger charge is 2.12. The molecule has 2 N–H and O–H groups in total. The molecule has 0 aliphatic rings. The van der Waals surface area contributed by atoms with Crippen LogP contribution in [0.25, 0.3) is 0 Å². The number of aliphatic carboxylic acids is 1. The zero-order valence-corrected chi connectivity index (χ0v) is 11.4. The number of thioether (sulfide) groups is 1. The number of hydrogen-bond donors (Lipinski definition) is 2. The van der Waals surface area contributed by atoms with Gasteiger partial charge in [0, 0.05) is 6.54 Å². The van der Waals surface area contributed by atoms with Crippen molar-refractivity contribution in [2.45, 2.75) is 24.7 Å². The second kappa shape index (κ2) is 7.34. The molecule has 0 saturated heterocycles. The molecule has 18 heavy (non-hydrogen) atoms. The summed E-state index contributed by atoms with van der Waals surface area (Å²) < 4.78 is 1.77. The van der Waals surface area contributed by atoms with Crippen LogP contribution in [0.4, 0.5) is 0 Å². The number of carboxylic acids is 1. The lowest BCUT2D eigenvalue weighted by molar-refractivity contribution is -0.133. The summed E-state index contributed by atoms with van der Waals surface area (Å²) in [5.41, 5.74) is 0. The summed E-state index contributed by atoms with van der Waals surface area (Å²) in [4.78, 5) is 12.6. The molecule has 1 heterocycles. The van der Waals surface area contributed by atoms with Crippen LogP contribution in [0.15, 0.2) is 5.16 Å². The summed E-state index contributed by atoms with van der Waals surface area (Å²) in [5, 5.41) is 26.1. The van der Waals surface area contributed by atoms with E-state index in [2.05, 4.69) is 15.1 Å². The summed E-state index contributed by atoms with van der Waals surface area (Å²) >= 11 is 1.12. The van der Waals surface area contributed by atoms with Crippen molar-refractivity contribution in [3.63, 3.8) is 0 Å². The van der Waals surface area contributed by atoms with Gasteiger partial charge in [0.1, 0.15) is 6.61 Å². The number of aromatic nitrogens is 3. The molecule has 8 heteroatoms. The molecule has 0 atom stereocenters. The minimum Gasteiger partial charge on any atom is -0.481 e. The van der Waals surface area contributed by atoms with E-state index in [4.69, 9.17) is 10.2 Å². The fourth-order valence-electron chi connectivity index (χ4n) is 1.44. The predicted molar refractivity (Wildman–Crippen MR) is 67.5 cm³/mol. The van der Waals surface area contributed by atoms with Gasteiger partial charge >= 0.3 is 5.97 Å². The minimum absolute atomic E-state index is 0.0583. The van der Waals surface area contributed by atoms with Gasteiger partial charge in [-0.05, 0) is 27.1 Å². The Hall–Kier alpha value is -1.12. The maximum Gasteiger partial charge on any atom is 0.313 e. The first-order valence-electron chi connectivity index (χ1n) is 5.57. The number of aliphatic hydroxyl groups excluding tert-OH is 1. The van der Waals surface area contributed by atoms with Crippen molar-refractivity contribution in [3.05, 3.63) is 5.82 Å². The molecule has 1 rings (SSSR count). The topological polar surface area (TPSA) is 91.5 Å². The Morgan fingerprint density at radius 1 is 1.44 bits per heavy atom. The fourth-order valence-corrected chi connectivity index (χ4v) is 2.14. The van der Waals surface area contributed by atoms with Crippen LogP contribution < -0.4 is 0 Å². The summed E-state index contributed by atoms with van der Waals surface area (Å²) in [6, 6.07) is 0. The molecule has 0 fully saturated rings. The van der Waals surface area contributed by atoms with Crippen molar-refractivity contribution in [1.82, 2.24) is 19.7 Å². The van der Waals surface area contributed by atoms with Gasteiger partial charge in [-0.15, -0.1) is 10.2 Å². The van der Waals surface area contributed by atoms with Crippen LogP contribution in [0.5, 0.6) is 0 Å². The van der Waals surface area contributed by atoms with E-state index in [0.29, 0.717) is 17.5 Å². The number of aliphatic hydroxyl groups is 1. The quantitative estimate of drug-likeness (QED) is 0.639. The standard InChI is InChI=1S/C10H18N4O3S/c1-13(2)4-3-5-14-8(6-15)11-12-10(14)18-7-9(16)17/h15H,3-7H2,1-2H3,(H,16,17). The smallest absolute Gasteiger partial charge is 0.313 e. The van der Waals surface area contributed by atoms with Crippen LogP contribution in [0.3, 0.4) is 0 Å². The van der Waals surface area contributed by atoms with Gasteiger partial charge in [-0.25, -0.2) is 0 Å². The number of rotatable bonds is 8. The highest BCUT2D eigenvalue weighted by Crippen LogP contribution is 2.17. The molecule has 0 aliphatic carbocycles. The fraction of sp³-hybridized carbons (Fsp3) is 0.700. The SMILES string of the molecule is CN(C)CCCn1c(CO)nnc1SCC(=O)O. The molecule has 1 aromatic heterocycles. The van der Waals surface area contributed by atoms with Gasteiger partial charge in [-0.3, -0.25) is 4.79 Å². The Morgan fingerprint density at radius 2 is 2.17 bits per heavy atom. The first-order chi connectivity index (χ1) is 8.54. The zero-order chi connectivity index (χ0) is 13.5. The van der Waals surface area contributed by atoms with Gasteiger partial charge in [0.15, 0.2) is 11.0 Å². The van der Waals surface area contributed by atoms with Crippen molar-refractivity contribution in [2.24, 2.45) is 0 Å². The third kappa shape index (κ3) is 4.63. The number of hydrogen-bond acceptors (Lipinski definition) is 6. The summed E-state index contributed by atoms with van der Waals surface area (Å²) in [6.07, 6.45) is 0.888. The van der Waals surface area contributed by atoms with Gasteiger partial charge in [0.05, 0.1) is 5.75 Å². The van der Waals surface area contributed by atoms with Crippen molar-refractivity contribution in [3.8, 4) is 0 Å². The lowest BCUT2D eigenvalue weighted by atomic mass is 10.4. The van der Waals surface area contributed by atoms with E-state index in [-0.39, 0.29) is 12.4 Å². The Morgan fingerprint density at radius 3 is 2.72 bits per heavy atom. The van der Waals surface area contributed by atoms with Crippen molar-refractivity contribution in [2.75, 3.05) is 26.4 Å². The lowest BCUT2D eigenvalue weighted by Crippen LogP contribution is -2.16. The van der Waals surface area contributed by atoms with E-state index in [0.717, 1.165) is 24.7 Å². The van der Waals surface area contributed by atoms with Crippen molar-refractivity contribution < 1.29 is 15.0 Å². The Balaban J connectivity index is 2.65. The molecule has 0 amide bonds. The zero-order valence-electron chi connectivity index (χ0n) is 10.5. The van der Waals surface area contributed by atoms with Gasteiger partial charge in [-0.1, -0.05) is 11.8 Å². The van der Waals surface area contributed by atoms with Gasteiger partial charge in [0.25, 0.3) is 0 Å². The van der Waals surface area contributed by atoms with E-state index < -0.39 is 5.97 Å². The Bertz CT molecular complexity index is 394. The van der Waals surface area contributed by atoms with Gasteiger partial charge in [0.2, 0.25) is 0 Å². The first kappa shape index (κ1) is 14.9. The minimum atomic E-state index is -0.895. The average molecular weight is 274 g/mol. The van der Waals surface area contributed by atoms with Crippen molar-refractivity contribution in [1.29, 1.82) is 0 Å². The molecule has 0 radical (unpaired) electrons. The molecule has 0 saturated carbocycles. The molecule has 102 valence electrons. The Labute approximate surface area is 110 Å². The van der Waals surface area contributed by atoms with E-state index >= 15 is 0 Å². The van der Waals surface area contributed by atoms with Crippen LogP contribution in [0.2, 0.25) is 0 Å². The number of nitrogens with zero attached hydrogens (tertiary/aromatic N) is 4. The average Bonchev–Trinajstić information content (AvgIpc) is 2.68. The second-order valence-corrected chi connectivity index (χ2v) is 4.99. The number of carbonyl (C=O) groups is 1. The molecule has 0 bridgehead atoms. The van der Waals surface area contributed by atoms with E-state index in [9.17, 15) is 4.79 Å². The van der Waals surface area contributed by atoms with Crippen LogP contribution in [-0.4, -0.2) is 62.2 Å². The largest absolute Gasteiger partial charge is 0.481 e. The third-order valence-corrected chi connectivity index (χ3v) is 3.20. The van der Waals surface area contributed by atoms with Crippen LogP contribution in [-0.2, 0) is 17.9 Å². The monoisotopic (exact) mass is 274 g/mol. The molecule has 0 aliphatic heterocycles. The van der Waals surface area contributed by atoms with E-state index in [1.165, 1.54) is 0 Å². The predicted octanol–water partition coefficient (Wildman–Crippen LogP) is -0.101. The highest BCUT2D eigenvalue weighted by atomic mass is 32.2. The van der Waals surface area contributed by atoms with Gasteiger partial charge in [-0.2, -0.15) is 0 Å². The van der Waals surface area contributed by atoms with E-state index in [1.807, 2.05) is 14.1 Å². The summed E-state index contributed by atoms with van der Waals surface area (Å²) in [7, 11) is 3.97. The van der Waals surface area contributed by atoms with Crippen LogP contribution >= 0.6 is 11.8 Å². The normalized spacial score (nSPS) is 11.1. The maximum absolute atomic E-state index is 10.5. The molecule has 0 aromatic carbocycles. The molecule has 0 spiro atoms. The highest BCUT2D eigenvalue weighted by molar-refractivity contribution is 7.99. The molecule has 0 unspecified atom stereocenters. The first-order valence-corrected chi connectivity index (χ1v) is 6.55. The second-order valence-electron chi connectivity index (χ2n) is 4.05. The van der Waals surface area contributed by atoms with Crippen LogP contribution in [0.1, 0.15) is 12.2 Å². The number of carboxylic acid groups (broad SMARTS) is 1. The Kier molecular flexibility index (Phi) is 6.10. The molecular formula is C10H18N4O3S. The van der Waals surface area contributed by atoms with Gasteiger partial charge < -0.3 is 19.7 Å². The van der Waals surface area contributed by atoms with E-state index in [1.54, 1.807) is 4.57 Å². The van der Waals surface area contributed by atoms with Crippen molar-refractivity contribution >= 4 is 17.7 Å². The summed E-state index contributed by atoms with van der Waals surface area (Å²) in [5.74, 6) is -0.480. The lowest BCUT2D eigenvalue weighted by Gasteiger charge is -2.11. The third-order valence-electron chi connectivity index (χ3n) is 2.25. The molecule has 7 nitrogen and oxygen atoms in total. The molecular weight excluding hydrogens is 256 g/mol. The maximum atomic E-state index is 10.5. The summed E-state index contributed by atoms with van der Waals surface area (Å²) in [6.45, 7) is 1.39.